The number of carbonyl (C=O) groups is 1. The Balaban J connectivity index is 1.35. The van der Waals surface area contributed by atoms with Gasteiger partial charge in [-0.15, -0.1) is 0 Å². The zero-order valence-electron chi connectivity index (χ0n) is 21.1. The predicted octanol–water partition coefficient (Wildman–Crippen LogP) is 6.24. The van der Waals surface area contributed by atoms with E-state index >= 15 is 0 Å². The molecular formula is C29H45NO2. The summed E-state index contributed by atoms with van der Waals surface area (Å²) in [6, 6.07) is 0.494. The van der Waals surface area contributed by atoms with Crippen molar-refractivity contribution < 1.29 is 9.53 Å². The van der Waals surface area contributed by atoms with Crippen LogP contribution < -0.4 is 5.32 Å². The third kappa shape index (κ3) is 3.57. The van der Waals surface area contributed by atoms with E-state index in [2.05, 4.69) is 39.9 Å². The summed E-state index contributed by atoms with van der Waals surface area (Å²) < 4.78 is 6.70. The molecule has 8 atom stereocenters. The second kappa shape index (κ2) is 8.38. The Kier molecular flexibility index (Phi) is 5.98. The van der Waals surface area contributed by atoms with Gasteiger partial charge in [-0.25, -0.2) is 0 Å². The van der Waals surface area contributed by atoms with Gasteiger partial charge in [0.25, 0.3) is 0 Å². The highest BCUT2D eigenvalue weighted by Crippen LogP contribution is 2.63. The average Bonchev–Trinajstić information content (AvgIpc) is 3.25. The molecule has 0 amide bonds. The highest BCUT2D eigenvalue weighted by atomic mass is 16.5. The molecule has 4 aliphatic carbocycles. The minimum atomic E-state index is 0.0327. The Morgan fingerprint density at radius 1 is 1.25 bits per heavy atom. The number of allylic oxidation sites excluding steroid dienone is 3. The summed E-state index contributed by atoms with van der Waals surface area (Å²) in [5.74, 6) is 3.96. The maximum Gasteiger partial charge on any atom is 0.155 e. The van der Waals surface area contributed by atoms with Crippen molar-refractivity contribution >= 4 is 5.78 Å². The van der Waals surface area contributed by atoms with Crippen molar-refractivity contribution in [3.8, 4) is 0 Å². The molecule has 1 aliphatic heterocycles. The van der Waals surface area contributed by atoms with E-state index in [1.165, 1.54) is 37.7 Å². The number of fused-ring (bicyclic) bond motifs is 5. The van der Waals surface area contributed by atoms with E-state index in [4.69, 9.17) is 4.74 Å². The van der Waals surface area contributed by atoms with Crippen molar-refractivity contribution in [1.29, 1.82) is 0 Å². The number of carbonyl (C=O) groups excluding carboxylic acids is 1. The van der Waals surface area contributed by atoms with Gasteiger partial charge in [-0.2, -0.15) is 0 Å². The van der Waals surface area contributed by atoms with Crippen LogP contribution in [0.4, 0.5) is 0 Å². The fraction of sp³-hybridized carbons (Fsp3) is 0.828. The number of rotatable bonds is 4. The van der Waals surface area contributed by atoms with Gasteiger partial charge < -0.3 is 10.1 Å². The van der Waals surface area contributed by atoms with Gasteiger partial charge in [0.15, 0.2) is 5.78 Å². The van der Waals surface area contributed by atoms with Crippen molar-refractivity contribution in [1.82, 2.24) is 5.32 Å². The second-order valence-electron chi connectivity index (χ2n) is 12.4. The maximum absolute atomic E-state index is 12.1. The summed E-state index contributed by atoms with van der Waals surface area (Å²) in [6.45, 7) is 14.0. The lowest BCUT2D eigenvalue weighted by Gasteiger charge is -2.48. The van der Waals surface area contributed by atoms with Gasteiger partial charge in [0, 0.05) is 18.4 Å². The van der Waals surface area contributed by atoms with Crippen LogP contribution in [0.1, 0.15) is 92.4 Å². The van der Waals surface area contributed by atoms with E-state index in [1.54, 1.807) is 11.1 Å². The van der Waals surface area contributed by atoms with Crippen LogP contribution in [0.25, 0.3) is 0 Å². The van der Waals surface area contributed by atoms with Crippen molar-refractivity contribution in [2.24, 2.45) is 35.0 Å². The first-order chi connectivity index (χ1) is 15.3. The molecule has 2 saturated carbocycles. The molecule has 32 heavy (non-hydrogen) atoms. The van der Waals surface area contributed by atoms with Crippen molar-refractivity contribution in [3.63, 3.8) is 0 Å². The fourth-order valence-corrected chi connectivity index (χ4v) is 8.33. The quantitative estimate of drug-likeness (QED) is 0.527. The van der Waals surface area contributed by atoms with E-state index in [9.17, 15) is 4.79 Å². The van der Waals surface area contributed by atoms with Crippen LogP contribution in [0.5, 0.6) is 0 Å². The SMILES string of the molecule is CC[C@H](C)CN[C@@H]1CO[C@]2(CC[C@@H]3C(=C(C)C2)C[C@H]2[C@H]3CCC3=CC(=O)CC[C@@]32C)[C@@H]1C. The second-order valence-corrected chi connectivity index (χ2v) is 12.4. The Morgan fingerprint density at radius 3 is 2.84 bits per heavy atom. The van der Waals surface area contributed by atoms with Gasteiger partial charge in [-0.05, 0) is 93.6 Å². The topological polar surface area (TPSA) is 38.3 Å². The molecular weight excluding hydrogens is 394 g/mol. The van der Waals surface area contributed by atoms with Gasteiger partial charge in [0.1, 0.15) is 0 Å². The number of hydrogen-bond acceptors (Lipinski definition) is 3. The molecule has 3 fully saturated rings. The minimum Gasteiger partial charge on any atom is -0.373 e. The molecule has 1 N–H and O–H groups in total. The lowest BCUT2D eigenvalue weighted by molar-refractivity contribution is -0.116. The van der Waals surface area contributed by atoms with Crippen molar-refractivity contribution in [3.05, 3.63) is 22.8 Å². The first-order valence-corrected chi connectivity index (χ1v) is 13.6. The molecule has 0 unspecified atom stereocenters. The van der Waals surface area contributed by atoms with E-state index < -0.39 is 0 Å². The Labute approximate surface area is 195 Å². The number of hydrogen-bond donors (Lipinski definition) is 1. The first kappa shape index (κ1) is 22.8. The number of ketones is 1. The summed E-state index contributed by atoms with van der Waals surface area (Å²) in [5, 5.41) is 3.85. The number of ether oxygens (including phenoxy) is 1. The third-order valence-electron chi connectivity index (χ3n) is 10.8. The van der Waals surface area contributed by atoms with Crippen LogP contribution in [-0.2, 0) is 9.53 Å². The summed E-state index contributed by atoms with van der Waals surface area (Å²) in [4.78, 5) is 12.1. The highest BCUT2D eigenvalue weighted by molar-refractivity contribution is 5.91. The van der Waals surface area contributed by atoms with Crippen LogP contribution in [0.15, 0.2) is 22.8 Å². The predicted molar refractivity (Wildman–Crippen MR) is 130 cm³/mol. The van der Waals surface area contributed by atoms with Crippen LogP contribution in [-0.4, -0.2) is 30.6 Å². The molecule has 5 aliphatic rings. The maximum atomic E-state index is 12.1. The molecule has 3 heteroatoms. The van der Waals surface area contributed by atoms with Gasteiger partial charge in [-0.1, -0.05) is 50.8 Å². The van der Waals surface area contributed by atoms with Crippen molar-refractivity contribution in [2.45, 2.75) is 104 Å². The van der Waals surface area contributed by atoms with Crippen LogP contribution in [0, 0.1) is 35.0 Å². The van der Waals surface area contributed by atoms with E-state index in [0.29, 0.717) is 17.7 Å². The third-order valence-corrected chi connectivity index (χ3v) is 10.8. The zero-order chi connectivity index (χ0) is 22.7. The molecule has 1 heterocycles. The molecule has 178 valence electrons. The molecule has 0 aromatic heterocycles. The summed E-state index contributed by atoms with van der Waals surface area (Å²) >= 11 is 0. The van der Waals surface area contributed by atoms with E-state index in [0.717, 1.165) is 62.5 Å². The normalized spacial score (nSPS) is 44.7. The smallest absolute Gasteiger partial charge is 0.155 e. The highest BCUT2D eigenvalue weighted by Gasteiger charge is 2.56. The fourth-order valence-electron chi connectivity index (χ4n) is 8.33. The zero-order valence-corrected chi connectivity index (χ0v) is 21.1. The lowest BCUT2D eigenvalue weighted by Crippen LogP contribution is -2.43. The molecule has 0 aromatic carbocycles. The molecule has 0 bridgehead atoms. The minimum absolute atomic E-state index is 0.0327. The molecule has 1 spiro atoms. The lowest BCUT2D eigenvalue weighted by atomic mass is 9.56. The summed E-state index contributed by atoms with van der Waals surface area (Å²) in [6.07, 6.45) is 12.4. The van der Waals surface area contributed by atoms with Gasteiger partial charge in [-0.3, -0.25) is 4.79 Å². The Morgan fingerprint density at radius 2 is 2.06 bits per heavy atom. The Hall–Kier alpha value is -0.930. The standard InChI is InChI=1S/C29H45NO2/c1-6-18(2)16-30-27-17-32-29(20(27)4)12-10-23-24-8-7-21-13-22(31)9-11-28(21,5)26(24)14-25(23)19(3)15-29/h13,18,20,23-24,26-27,30H,6-12,14-17H2,1-5H3/t18-,20+,23-,24-,26-,27+,28-,29-/m0/s1. The van der Waals surface area contributed by atoms with E-state index in [-0.39, 0.29) is 11.0 Å². The van der Waals surface area contributed by atoms with Gasteiger partial charge in [0.05, 0.1) is 12.2 Å². The van der Waals surface area contributed by atoms with Crippen LogP contribution in [0.2, 0.25) is 0 Å². The van der Waals surface area contributed by atoms with E-state index in [1.807, 2.05) is 6.08 Å². The van der Waals surface area contributed by atoms with Gasteiger partial charge >= 0.3 is 0 Å². The molecule has 3 nitrogen and oxygen atoms in total. The molecule has 0 radical (unpaired) electrons. The molecule has 0 aromatic rings. The average molecular weight is 440 g/mol. The Bertz CT molecular complexity index is 827. The van der Waals surface area contributed by atoms with Crippen LogP contribution in [0.3, 0.4) is 0 Å². The first-order valence-electron chi connectivity index (χ1n) is 13.6. The molecule has 5 rings (SSSR count). The molecule has 1 saturated heterocycles. The monoisotopic (exact) mass is 439 g/mol. The summed E-state index contributed by atoms with van der Waals surface area (Å²) in [7, 11) is 0. The summed E-state index contributed by atoms with van der Waals surface area (Å²) in [5.41, 5.74) is 5.19. The van der Waals surface area contributed by atoms with Gasteiger partial charge in [0.2, 0.25) is 0 Å². The van der Waals surface area contributed by atoms with Crippen molar-refractivity contribution in [2.75, 3.05) is 13.2 Å². The van der Waals surface area contributed by atoms with Crippen LogP contribution >= 0.6 is 0 Å². The number of nitrogens with one attached hydrogen (secondary N) is 1. The largest absolute Gasteiger partial charge is 0.373 e.